The Labute approximate surface area is 128 Å². The zero-order valence-electron chi connectivity index (χ0n) is 12.2. The molecule has 0 fully saturated rings. The monoisotopic (exact) mass is 295 g/mol. The molecule has 0 aliphatic carbocycles. The van der Waals surface area contributed by atoms with E-state index in [4.69, 9.17) is 0 Å². The van der Waals surface area contributed by atoms with Crippen LogP contribution in [-0.4, -0.2) is 16.9 Å². The summed E-state index contributed by atoms with van der Waals surface area (Å²) in [5.41, 5.74) is 0.796. The molecule has 1 heterocycles. The molecule has 0 saturated heterocycles. The average molecular weight is 295 g/mol. The number of ketones is 1. The van der Waals surface area contributed by atoms with Gasteiger partial charge in [0.25, 0.3) is 0 Å². The summed E-state index contributed by atoms with van der Waals surface area (Å²) < 4.78 is 0. The third-order valence-corrected chi connectivity index (χ3v) is 4.39. The largest absolute Gasteiger partial charge is 0.480 e. The summed E-state index contributed by atoms with van der Waals surface area (Å²) in [5, 5.41) is 13.0. The van der Waals surface area contributed by atoms with Crippen molar-refractivity contribution in [2.75, 3.05) is 0 Å². The lowest BCUT2D eigenvalue weighted by Crippen LogP contribution is -2.45. The maximum absolute atomic E-state index is 12.9. The molecule has 2 atom stereocenters. The fourth-order valence-electron chi connectivity index (χ4n) is 3.05. The van der Waals surface area contributed by atoms with E-state index in [2.05, 4.69) is 5.32 Å². The summed E-state index contributed by atoms with van der Waals surface area (Å²) in [4.78, 5) is 24.9. The first-order chi connectivity index (χ1) is 10.5. The normalized spacial score (nSPS) is 19.2. The summed E-state index contributed by atoms with van der Waals surface area (Å²) in [5.74, 6) is -1.50. The van der Waals surface area contributed by atoms with E-state index in [1.54, 1.807) is 30.3 Å². The van der Waals surface area contributed by atoms with Crippen LogP contribution in [0.4, 0.5) is 0 Å². The van der Waals surface area contributed by atoms with Crippen LogP contribution in [0.15, 0.2) is 54.6 Å². The first kappa shape index (κ1) is 14.5. The molecule has 4 heteroatoms. The summed E-state index contributed by atoms with van der Waals surface area (Å²) in [6.07, 6.45) is 0. The molecule has 2 aromatic rings. The number of fused-ring (bicyclic) bond motifs is 1. The van der Waals surface area contributed by atoms with Gasteiger partial charge in [0.1, 0.15) is 5.41 Å². The molecule has 4 nitrogen and oxygen atoms in total. The average Bonchev–Trinajstić information content (AvgIpc) is 2.98. The zero-order chi connectivity index (χ0) is 15.7. The van der Waals surface area contributed by atoms with Crippen molar-refractivity contribution in [3.8, 4) is 0 Å². The number of carboxylic acids is 1. The quantitative estimate of drug-likeness (QED) is 0.672. The van der Waals surface area contributed by atoms with Crippen LogP contribution in [-0.2, 0) is 11.3 Å². The minimum atomic E-state index is -1.55. The van der Waals surface area contributed by atoms with Gasteiger partial charge in [-0.3, -0.25) is 9.59 Å². The summed E-state index contributed by atoms with van der Waals surface area (Å²) in [7, 11) is 0. The highest BCUT2D eigenvalue weighted by Crippen LogP contribution is 2.41. The number of nitrogens with one attached hydrogen (secondary N) is 1. The maximum Gasteiger partial charge on any atom is 0.319 e. The molecule has 2 N–H and O–H groups in total. The first-order valence-corrected chi connectivity index (χ1v) is 7.19. The molecule has 22 heavy (non-hydrogen) atoms. The van der Waals surface area contributed by atoms with E-state index in [9.17, 15) is 14.7 Å². The number of carbonyl (C=O) groups excluding carboxylic acids is 1. The van der Waals surface area contributed by atoms with Crippen LogP contribution in [0.5, 0.6) is 0 Å². The molecular formula is C18H17NO3. The van der Waals surface area contributed by atoms with E-state index in [-0.39, 0.29) is 5.78 Å². The molecular weight excluding hydrogens is 278 g/mol. The van der Waals surface area contributed by atoms with E-state index in [1.165, 1.54) is 6.92 Å². The van der Waals surface area contributed by atoms with Crippen molar-refractivity contribution < 1.29 is 14.7 Å². The van der Waals surface area contributed by atoms with E-state index in [0.29, 0.717) is 12.1 Å². The van der Waals surface area contributed by atoms with Crippen LogP contribution in [0.1, 0.15) is 34.5 Å². The van der Waals surface area contributed by atoms with Crippen molar-refractivity contribution in [2.45, 2.75) is 19.5 Å². The molecule has 0 saturated carbocycles. The molecule has 1 aliphatic rings. The molecule has 0 aromatic heterocycles. The number of rotatable bonds is 4. The Balaban J connectivity index is 2.07. The second-order valence-electron chi connectivity index (χ2n) is 5.72. The van der Waals surface area contributed by atoms with Crippen LogP contribution in [0.3, 0.4) is 0 Å². The maximum atomic E-state index is 12.9. The Bertz CT molecular complexity index is 726. The zero-order valence-corrected chi connectivity index (χ0v) is 12.2. The number of aliphatic carboxylic acids is 1. The third-order valence-electron chi connectivity index (χ3n) is 4.39. The Kier molecular flexibility index (Phi) is 3.54. The SMILES string of the molecule is CC(C(=O)O)(C(=O)c1ccccc1)C1NCc2ccccc21. The van der Waals surface area contributed by atoms with Crippen molar-refractivity contribution in [1.82, 2.24) is 5.32 Å². The van der Waals surface area contributed by atoms with Gasteiger partial charge in [-0.15, -0.1) is 0 Å². The predicted octanol–water partition coefficient (Wildman–Crippen LogP) is 2.80. The van der Waals surface area contributed by atoms with E-state index < -0.39 is 17.4 Å². The topological polar surface area (TPSA) is 66.4 Å². The highest BCUT2D eigenvalue weighted by atomic mass is 16.4. The smallest absolute Gasteiger partial charge is 0.319 e. The number of hydrogen-bond acceptors (Lipinski definition) is 3. The number of hydrogen-bond donors (Lipinski definition) is 2. The Morgan fingerprint density at radius 3 is 2.41 bits per heavy atom. The minimum Gasteiger partial charge on any atom is -0.480 e. The number of Topliss-reactive ketones (excluding diaryl/α,β-unsaturated/α-hetero) is 1. The lowest BCUT2D eigenvalue weighted by Gasteiger charge is -2.30. The summed E-state index contributed by atoms with van der Waals surface area (Å²) >= 11 is 0. The molecule has 2 unspecified atom stereocenters. The van der Waals surface area contributed by atoms with Crippen LogP contribution in [0.2, 0.25) is 0 Å². The number of carbonyl (C=O) groups is 2. The van der Waals surface area contributed by atoms with Crippen molar-refractivity contribution in [3.63, 3.8) is 0 Å². The Morgan fingerprint density at radius 1 is 1.09 bits per heavy atom. The van der Waals surface area contributed by atoms with Gasteiger partial charge in [0.05, 0.1) is 6.04 Å². The highest BCUT2D eigenvalue weighted by Gasteiger charge is 2.51. The van der Waals surface area contributed by atoms with Gasteiger partial charge in [0.15, 0.2) is 5.78 Å². The number of benzene rings is 2. The van der Waals surface area contributed by atoms with Crippen molar-refractivity contribution in [1.29, 1.82) is 0 Å². The van der Waals surface area contributed by atoms with Gasteiger partial charge in [-0.2, -0.15) is 0 Å². The molecule has 0 spiro atoms. The third kappa shape index (κ3) is 2.12. The standard InChI is InChI=1S/C18H17NO3/c1-18(17(21)22,16(20)12-7-3-2-4-8-12)15-14-10-6-5-9-13(14)11-19-15/h2-10,15,19H,11H2,1H3,(H,21,22). The van der Waals surface area contributed by atoms with Crippen LogP contribution in [0.25, 0.3) is 0 Å². The van der Waals surface area contributed by atoms with Crippen molar-refractivity contribution >= 4 is 11.8 Å². The molecule has 0 amide bonds. The molecule has 0 radical (unpaired) electrons. The summed E-state index contributed by atoms with van der Waals surface area (Å²) in [6.45, 7) is 2.08. The number of carboxylic acid groups (broad SMARTS) is 1. The van der Waals surface area contributed by atoms with E-state index in [1.807, 2.05) is 24.3 Å². The molecule has 2 aromatic carbocycles. The van der Waals surface area contributed by atoms with Crippen LogP contribution >= 0.6 is 0 Å². The van der Waals surface area contributed by atoms with Gasteiger partial charge in [-0.1, -0.05) is 54.6 Å². The Morgan fingerprint density at radius 2 is 1.73 bits per heavy atom. The van der Waals surface area contributed by atoms with Crippen LogP contribution < -0.4 is 5.32 Å². The molecule has 1 aliphatic heterocycles. The fourth-order valence-corrected chi connectivity index (χ4v) is 3.05. The summed E-state index contributed by atoms with van der Waals surface area (Å²) in [6, 6.07) is 15.7. The van der Waals surface area contributed by atoms with E-state index in [0.717, 1.165) is 11.1 Å². The van der Waals surface area contributed by atoms with Gasteiger partial charge in [0, 0.05) is 12.1 Å². The first-order valence-electron chi connectivity index (χ1n) is 7.19. The Hall–Kier alpha value is -2.46. The van der Waals surface area contributed by atoms with E-state index >= 15 is 0 Å². The molecule has 3 rings (SSSR count). The van der Waals surface area contributed by atoms with Gasteiger partial charge in [-0.05, 0) is 18.1 Å². The fraction of sp³-hybridized carbons (Fsp3) is 0.222. The minimum absolute atomic E-state index is 0.380. The molecule has 112 valence electrons. The van der Waals surface area contributed by atoms with Gasteiger partial charge in [0.2, 0.25) is 0 Å². The lowest BCUT2D eigenvalue weighted by atomic mass is 9.73. The molecule has 0 bridgehead atoms. The van der Waals surface area contributed by atoms with Gasteiger partial charge >= 0.3 is 5.97 Å². The van der Waals surface area contributed by atoms with Gasteiger partial charge in [-0.25, -0.2) is 0 Å². The van der Waals surface area contributed by atoms with Gasteiger partial charge < -0.3 is 10.4 Å². The highest BCUT2D eigenvalue weighted by molar-refractivity contribution is 6.12. The second-order valence-corrected chi connectivity index (χ2v) is 5.72. The lowest BCUT2D eigenvalue weighted by molar-refractivity contribution is -0.146. The van der Waals surface area contributed by atoms with Crippen molar-refractivity contribution in [3.05, 3.63) is 71.3 Å². The van der Waals surface area contributed by atoms with Crippen molar-refractivity contribution in [2.24, 2.45) is 5.41 Å². The predicted molar refractivity (Wildman–Crippen MR) is 82.5 cm³/mol. The van der Waals surface area contributed by atoms with Crippen LogP contribution in [0, 0.1) is 5.41 Å². The second kappa shape index (κ2) is 5.39.